The van der Waals surface area contributed by atoms with Crippen LogP contribution in [0.15, 0.2) is 6.20 Å². The molecule has 1 N–H and O–H groups in total. The topological polar surface area (TPSA) is 50.2 Å². The maximum Gasteiger partial charge on any atom is 0.365 e. The Morgan fingerprint density at radius 3 is 2.90 bits per heavy atom. The monoisotopic (exact) mass is 156 g/mol. The Bertz CT molecular complexity index is 244. The van der Waals surface area contributed by atoms with Gasteiger partial charge in [-0.05, 0) is 13.3 Å². The predicted octanol–water partition coefficient (Wildman–Crippen LogP) is 1.22. The second kappa shape index (κ2) is 2.79. The van der Waals surface area contributed by atoms with Crippen LogP contribution in [0.2, 0.25) is 0 Å². The highest BCUT2D eigenvalue weighted by Gasteiger charge is 2.06. The Morgan fingerprint density at radius 1 is 1.90 bits per heavy atom. The summed E-state index contributed by atoms with van der Waals surface area (Å²) in [6.07, 6.45) is 2.14. The molecule has 0 atom stereocenters. The molecule has 0 bridgehead atoms. The van der Waals surface area contributed by atoms with Crippen LogP contribution in [0, 0.1) is 6.92 Å². The van der Waals surface area contributed by atoms with Crippen molar-refractivity contribution in [3.05, 3.63) is 23.0 Å². The van der Waals surface area contributed by atoms with Crippen molar-refractivity contribution in [1.82, 2.24) is 4.98 Å². The first-order valence-corrected chi connectivity index (χ1v) is 3.53. The molecule has 3 nitrogen and oxygen atoms in total. The van der Waals surface area contributed by atoms with E-state index in [1.807, 2.05) is 0 Å². The van der Waals surface area contributed by atoms with E-state index in [-0.39, 0.29) is 5.01 Å². The highest BCUT2D eigenvalue weighted by Crippen LogP contribution is 2.12. The lowest BCUT2D eigenvalue weighted by molar-refractivity contribution is 0.0696. The number of rotatable bonds is 2. The molecule has 1 rings (SSSR count). The highest BCUT2D eigenvalue weighted by atomic mass is 32.1. The fourth-order valence-electron chi connectivity index (χ4n) is 0.522. The summed E-state index contributed by atoms with van der Waals surface area (Å²) in [7, 11) is 0. The molecule has 0 unspecified atom stereocenters. The standard InChI is InChI=1S/C6H6NO2S/c1-2-4-3-7-5(10-4)6(8)9/h3H,1-2H2,(H,8,9). The van der Waals surface area contributed by atoms with Crippen LogP contribution in [0.25, 0.3) is 0 Å². The van der Waals surface area contributed by atoms with Gasteiger partial charge in [0.25, 0.3) is 0 Å². The number of hydrogen-bond acceptors (Lipinski definition) is 3. The second-order valence-corrected chi connectivity index (χ2v) is 2.80. The zero-order valence-electron chi connectivity index (χ0n) is 5.20. The summed E-state index contributed by atoms with van der Waals surface area (Å²) in [5, 5.41) is 8.56. The van der Waals surface area contributed by atoms with Crippen LogP contribution in [0.3, 0.4) is 0 Å². The number of aromatic carboxylic acids is 1. The Balaban J connectivity index is 2.88. The van der Waals surface area contributed by atoms with Gasteiger partial charge in [-0.15, -0.1) is 11.3 Å². The van der Waals surface area contributed by atoms with E-state index in [2.05, 4.69) is 11.9 Å². The summed E-state index contributed by atoms with van der Waals surface area (Å²) < 4.78 is 0. The molecule has 4 heteroatoms. The van der Waals surface area contributed by atoms with Crippen LogP contribution in [-0.4, -0.2) is 16.1 Å². The molecule has 0 spiro atoms. The number of carboxylic acid groups (broad SMARTS) is 1. The molecule has 1 aromatic heterocycles. The molecule has 1 radical (unpaired) electrons. The average Bonchev–Trinajstić information content (AvgIpc) is 2.34. The summed E-state index contributed by atoms with van der Waals surface area (Å²) in [5.41, 5.74) is 0. The molecule has 53 valence electrons. The van der Waals surface area contributed by atoms with E-state index in [0.29, 0.717) is 6.42 Å². The van der Waals surface area contributed by atoms with Gasteiger partial charge in [0, 0.05) is 11.1 Å². The van der Waals surface area contributed by atoms with Gasteiger partial charge in [0.2, 0.25) is 5.01 Å². The maximum absolute atomic E-state index is 10.3. The fourth-order valence-corrected chi connectivity index (χ4v) is 1.17. The molecule has 0 aliphatic heterocycles. The molecule has 0 fully saturated rings. The third-order valence-electron chi connectivity index (χ3n) is 0.983. The summed E-state index contributed by atoms with van der Waals surface area (Å²) in [4.78, 5) is 14.8. The van der Waals surface area contributed by atoms with E-state index in [9.17, 15) is 4.79 Å². The summed E-state index contributed by atoms with van der Waals surface area (Å²) in [6, 6.07) is 0. The lowest BCUT2D eigenvalue weighted by Gasteiger charge is -1.80. The van der Waals surface area contributed by atoms with Gasteiger partial charge in [-0.25, -0.2) is 9.78 Å². The normalized spacial score (nSPS) is 9.70. The molecular weight excluding hydrogens is 150 g/mol. The van der Waals surface area contributed by atoms with Crippen molar-refractivity contribution in [1.29, 1.82) is 0 Å². The number of carboxylic acids is 1. The summed E-state index contributed by atoms with van der Waals surface area (Å²) >= 11 is 1.17. The van der Waals surface area contributed by atoms with Gasteiger partial charge < -0.3 is 5.11 Å². The van der Waals surface area contributed by atoms with Crippen LogP contribution < -0.4 is 0 Å². The smallest absolute Gasteiger partial charge is 0.365 e. The lowest BCUT2D eigenvalue weighted by Crippen LogP contribution is -1.92. The highest BCUT2D eigenvalue weighted by molar-refractivity contribution is 7.13. The number of carbonyl (C=O) groups is 1. The van der Waals surface area contributed by atoms with E-state index < -0.39 is 5.97 Å². The zero-order valence-corrected chi connectivity index (χ0v) is 6.02. The Kier molecular flexibility index (Phi) is 2.01. The zero-order chi connectivity index (χ0) is 7.56. The van der Waals surface area contributed by atoms with E-state index in [1.54, 1.807) is 6.20 Å². The molecule has 0 saturated carbocycles. The molecule has 10 heavy (non-hydrogen) atoms. The second-order valence-electron chi connectivity index (χ2n) is 1.69. The van der Waals surface area contributed by atoms with Crippen LogP contribution in [-0.2, 0) is 6.42 Å². The van der Waals surface area contributed by atoms with E-state index >= 15 is 0 Å². The van der Waals surface area contributed by atoms with Crippen molar-refractivity contribution in [3.63, 3.8) is 0 Å². The molecule has 0 aliphatic rings. The first-order chi connectivity index (χ1) is 4.74. The molecule has 1 heterocycles. The Morgan fingerprint density at radius 2 is 2.60 bits per heavy atom. The lowest BCUT2D eigenvalue weighted by atomic mass is 10.4. The number of nitrogens with zero attached hydrogens (tertiary/aromatic N) is 1. The molecule has 0 aromatic carbocycles. The maximum atomic E-state index is 10.3. The molecule has 0 aliphatic carbocycles. The summed E-state index contributed by atoms with van der Waals surface area (Å²) in [5.74, 6) is -0.968. The van der Waals surface area contributed by atoms with Gasteiger partial charge >= 0.3 is 5.97 Å². The van der Waals surface area contributed by atoms with Crippen LogP contribution >= 0.6 is 11.3 Å². The van der Waals surface area contributed by atoms with Crippen molar-refractivity contribution in [2.45, 2.75) is 6.42 Å². The minimum absolute atomic E-state index is 0.138. The molecule has 1 aromatic rings. The van der Waals surface area contributed by atoms with Crippen molar-refractivity contribution < 1.29 is 9.90 Å². The number of hydrogen-bond donors (Lipinski definition) is 1. The van der Waals surface area contributed by atoms with Gasteiger partial charge in [0.05, 0.1) is 0 Å². The molecular formula is C6H6NO2S. The van der Waals surface area contributed by atoms with Crippen LogP contribution in [0.4, 0.5) is 0 Å². The first-order valence-electron chi connectivity index (χ1n) is 2.71. The molecule has 0 saturated heterocycles. The van der Waals surface area contributed by atoms with E-state index in [4.69, 9.17) is 5.11 Å². The largest absolute Gasteiger partial charge is 0.476 e. The third-order valence-corrected chi connectivity index (χ3v) is 2.03. The third kappa shape index (κ3) is 1.33. The van der Waals surface area contributed by atoms with Gasteiger partial charge in [0.15, 0.2) is 0 Å². The number of thiazole rings is 1. The number of aromatic nitrogens is 1. The minimum atomic E-state index is -0.968. The van der Waals surface area contributed by atoms with E-state index in [0.717, 1.165) is 4.88 Å². The van der Waals surface area contributed by atoms with Gasteiger partial charge in [-0.1, -0.05) is 0 Å². The van der Waals surface area contributed by atoms with Gasteiger partial charge in [0.1, 0.15) is 0 Å². The van der Waals surface area contributed by atoms with Crippen molar-refractivity contribution in [2.75, 3.05) is 0 Å². The quantitative estimate of drug-likeness (QED) is 0.700. The van der Waals surface area contributed by atoms with Crippen molar-refractivity contribution in [2.24, 2.45) is 0 Å². The van der Waals surface area contributed by atoms with Gasteiger partial charge in [-0.3, -0.25) is 0 Å². The Hall–Kier alpha value is -0.900. The average molecular weight is 156 g/mol. The van der Waals surface area contributed by atoms with Crippen LogP contribution in [0.1, 0.15) is 14.7 Å². The Labute approximate surface area is 62.3 Å². The van der Waals surface area contributed by atoms with Crippen molar-refractivity contribution in [3.8, 4) is 0 Å². The summed E-state index contributed by atoms with van der Waals surface area (Å²) in [6.45, 7) is 3.61. The van der Waals surface area contributed by atoms with E-state index in [1.165, 1.54) is 11.3 Å². The molecule has 0 amide bonds. The minimum Gasteiger partial charge on any atom is -0.476 e. The fraction of sp³-hybridized carbons (Fsp3) is 0.167. The van der Waals surface area contributed by atoms with Gasteiger partial charge in [-0.2, -0.15) is 0 Å². The SMILES string of the molecule is [CH2]Cc1cnc(C(=O)O)s1. The predicted molar refractivity (Wildman–Crippen MR) is 38.1 cm³/mol. The van der Waals surface area contributed by atoms with Crippen molar-refractivity contribution >= 4 is 17.3 Å². The van der Waals surface area contributed by atoms with Crippen LogP contribution in [0.5, 0.6) is 0 Å². The first kappa shape index (κ1) is 7.21.